The summed E-state index contributed by atoms with van der Waals surface area (Å²) in [5.74, 6) is 1.56. The van der Waals surface area contributed by atoms with Gasteiger partial charge in [-0.05, 0) is 43.2 Å². The third-order valence-electron chi connectivity index (χ3n) is 5.12. The zero-order valence-corrected chi connectivity index (χ0v) is 17.0. The van der Waals surface area contributed by atoms with Gasteiger partial charge in [0.25, 0.3) is 5.91 Å². The Morgan fingerprint density at radius 2 is 1.56 bits per heavy atom. The third kappa shape index (κ3) is 5.47. The minimum absolute atomic E-state index is 0. The summed E-state index contributed by atoms with van der Waals surface area (Å²) in [6.07, 6.45) is 2.34. The molecule has 1 aliphatic heterocycles. The van der Waals surface area contributed by atoms with Gasteiger partial charge in [0.2, 0.25) is 0 Å². The number of rotatable bonds is 6. The van der Waals surface area contributed by atoms with Gasteiger partial charge < -0.3 is 9.64 Å². The van der Waals surface area contributed by atoms with Gasteiger partial charge in [0.1, 0.15) is 11.5 Å². The van der Waals surface area contributed by atoms with Crippen molar-refractivity contribution in [1.29, 1.82) is 0 Å². The van der Waals surface area contributed by atoms with Crippen LogP contribution in [0.15, 0.2) is 54.6 Å². The van der Waals surface area contributed by atoms with E-state index in [0.29, 0.717) is 17.4 Å². The van der Waals surface area contributed by atoms with Crippen LogP contribution in [0, 0.1) is 0 Å². The van der Waals surface area contributed by atoms with Crippen molar-refractivity contribution in [2.24, 2.45) is 0 Å². The van der Waals surface area contributed by atoms with E-state index in [1.807, 2.05) is 59.5 Å². The molecule has 1 saturated heterocycles. The van der Waals surface area contributed by atoms with E-state index in [1.54, 1.807) is 0 Å². The van der Waals surface area contributed by atoms with E-state index in [0.717, 1.165) is 31.9 Å². The van der Waals surface area contributed by atoms with Gasteiger partial charge in [0.05, 0.1) is 0 Å². The standard InChI is InChI=1S/C22H28N2O2.ClH/c1-3-19(4-2)23-13-15-24(16-14-23)22(25)18-9-8-12-21(17-18)26-20-10-6-5-7-11-20;/h5-12,17,19H,3-4,13-16H2,1-2H3;1H. The smallest absolute Gasteiger partial charge is 0.254 e. The van der Waals surface area contributed by atoms with Gasteiger partial charge >= 0.3 is 0 Å². The maximum Gasteiger partial charge on any atom is 0.254 e. The van der Waals surface area contributed by atoms with Crippen molar-refractivity contribution in [3.8, 4) is 11.5 Å². The predicted octanol–water partition coefficient (Wildman–Crippen LogP) is 4.85. The monoisotopic (exact) mass is 388 g/mol. The fourth-order valence-corrected chi connectivity index (χ4v) is 3.60. The van der Waals surface area contributed by atoms with Crippen molar-refractivity contribution in [1.82, 2.24) is 9.80 Å². The maximum atomic E-state index is 12.9. The van der Waals surface area contributed by atoms with Crippen molar-refractivity contribution in [3.05, 3.63) is 60.2 Å². The fourth-order valence-electron chi connectivity index (χ4n) is 3.60. The number of amides is 1. The lowest BCUT2D eigenvalue weighted by molar-refractivity contribution is 0.0559. The maximum absolute atomic E-state index is 12.9. The number of carbonyl (C=O) groups excluding carboxylic acids is 1. The highest BCUT2D eigenvalue weighted by Gasteiger charge is 2.25. The molecule has 4 nitrogen and oxygen atoms in total. The van der Waals surface area contributed by atoms with Crippen molar-refractivity contribution in [3.63, 3.8) is 0 Å². The van der Waals surface area contributed by atoms with E-state index in [1.165, 1.54) is 12.8 Å². The summed E-state index contributed by atoms with van der Waals surface area (Å²) in [4.78, 5) is 17.3. The first kappa shape index (κ1) is 21.3. The molecule has 0 unspecified atom stereocenters. The van der Waals surface area contributed by atoms with Gasteiger partial charge in [-0.1, -0.05) is 38.1 Å². The van der Waals surface area contributed by atoms with Crippen molar-refractivity contribution < 1.29 is 9.53 Å². The second-order valence-electron chi connectivity index (χ2n) is 6.74. The Balaban J connectivity index is 0.00000261. The second-order valence-corrected chi connectivity index (χ2v) is 6.74. The summed E-state index contributed by atoms with van der Waals surface area (Å²) < 4.78 is 5.86. The minimum Gasteiger partial charge on any atom is -0.457 e. The topological polar surface area (TPSA) is 32.8 Å². The summed E-state index contributed by atoms with van der Waals surface area (Å²) in [5, 5.41) is 0. The Morgan fingerprint density at radius 3 is 2.19 bits per heavy atom. The Morgan fingerprint density at radius 1 is 0.926 bits per heavy atom. The average Bonchev–Trinajstić information content (AvgIpc) is 2.70. The number of hydrogen-bond acceptors (Lipinski definition) is 3. The zero-order chi connectivity index (χ0) is 18.4. The molecular weight excluding hydrogens is 360 g/mol. The predicted molar refractivity (Wildman–Crippen MR) is 112 cm³/mol. The molecule has 0 atom stereocenters. The van der Waals surface area contributed by atoms with Crippen LogP contribution in [-0.4, -0.2) is 47.9 Å². The zero-order valence-electron chi connectivity index (χ0n) is 16.1. The van der Waals surface area contributed by atoms with Crippen LogP contribution < -0.4 is 4.74 Å². The molecule has 0 aromatic heterocycles. The third-order valence-corrected chi connectivity index (χ3v) is 5.12. The van der Waals surface area contributed by atoms with E-state index in [2.05, 4.69) is 18.7 Å². The molecule has 1 amide bonds. The van der Waals surface area contributed by atoms with Crippen LogP contribution in [0.4, 0.5) is 0 Å². The van der Waals surface area contributed by atoms with Crippen molar-refractivity contribution in [2.45, 2.75) is 32.7 Å². The number of piperazine rings is 1. The molecule has 1 heterocycles. The van der Waals surface area contributed by atoms with Crippen LogP contribution in [0.1, 0.15) is 37.0 Å². The molecule has 0 aliphatic carbocycles. The van der Waals surface area contributed by atoms with E-state index in [-0.39, 0.29) is 18.3 Å². The number of benzene rings is 2. The number of hydrogen-bond donors (Lipinski definition) is 0. The molecule has 146 valence electrons. The molecule has 2 aromatic rings. The molecule has 27 heavy (non-hydrogen) atoms. The Labute approximate surface area is 168 Å². The van der Waals surface area contributed by atoms with Crippen LogP contribution in [0.25, 0.3) is 0 Å². The van der Waals surface area contributed by atoms with Gasteiger partial charge in [-0.3, -0.25) is 9.69 Å². The molecule has 0 saturated carbocycles. The number of halogens is 1. The summed E-state index contributed by atoms with van der Waals surface area (Å²) in [7, 11) is 0. The molecule has 1 fully saturated rings. The van der Waals surface area contributed by atoms with Gasteiger partial charge in [-0.25, -0.2) is 0 Å². The summed E-state index contributed by atoms with van der Waals surface area (Å²) >= 11 is 0. The molecule has 0 radical (unpaired) electrons. The number of nitrogens with zero attached hydrogens (tertiary/aromatic N) is 2. The highest BCUT2D eigenvalue weighted by atomic mass is 35.5. The number of para-hydroxylation sites is 1. The lowest BCUT2D eigenvalue weighted by atomic mass is 10.1. The number of ether oxygens (including phenoxy) is 1. The Kier molecular flexibility index (Phi) is 8.14. The van der Waals surface area contributed by atoms with Crippen LogP contribution in [-0.2, 0) is 0 Å². The first-order valence-corrected chi connectivity index (χ1v) is 9.57. The Bertz CT molecular complexity index is 711. The molecule has 1 aliphatic rings. The van der Waals surface area contributed by atoms with Crippen molar-refractivity contribution >= 4 is 18.3 Å². The lowest BCUT2D eigenvalue weighted by Gasteiger charge is -2.38. The minimum atomic E-state index is 0. The SMILES string of the molecule is CCC(CC)N1CCN(C(=O)c2cccc(Oc3ccccc3)c2)CC1.Cl. The van der Waals surface area contributed by atoms with Crippen LogP contribution in [0.2, 0.25) is 0 Å². The largest absolute Gasteiger partial charge is 0.457 e. The summed E-state index contributed by atoms with van der Waals surface area (Å²) in [5.41, 5.74) is 0.689. The number of carbonyl (C=O) groups is 1. The molecule has 0 bridgehead atoms. The van der Waals surface area contributed by atoms with Gasteiger partial charge in [-0.2, -0.15) is 0 Å². The van der Waals surface area contributed by atoms with Gasteiger partial charge in [0.15, 0.2) is 0 Å². The fraction of sp³-hybridized carbons (Fsp3) is 0.409. The van der Waals surface area contributed by atoms with Gasteiger partial charge in [0, 0.05) is 37.8 Å². The van der Waals surface area contributed by atoms with Gasteiger partial charge in [-0.15, -0.1) is 12.4 Å². The quantitative estimate of drug-likeness (QED) is 0.709. The van der Waals surface area contributed by atoms with E-state index in [9.17, 15) is 4.79 Å². The molecule has 0 spiro atoms. The first-order valence-electron chi connectivity index (χ1n) is 9.57. The lowest BCUT2D eigenvalue weighted by Crippen LogP contribution is -2.51. The van der Waals surface area contributed by atoms with Crippen LogP contribution >= 0.6 is 12.4 Å². The van der Waals surface area contributed by atoms with E-state index >= 15 is 0 Å². The van der Waals surface area contributed by atoms with E-state index in [4.69, 9.17) is 4.74 Å². The average molecular weight is 389 g/mol. The summed E-state index contributed by atoms with van der Waals surface area (Å²) in [6.45, 7) is 7.97. The molecule has 5 heteroatoms. The second kappa shape index (κ2) is 10.3. The highest BCUT2D eigenvalue weighted by molar-refractivity contribution is 5.94. The van der Waals surface area contributed by atoms with E-state index < -0.39 is 0 Å². The molecular formula is C22H29ClN2O2. The summed E-state index contributed by atoms with van der Waals surface area (Å²) in [6, 6.07) is 17.7. The molecule has 0 N–H and O–H groups in total. The molecule has 3 rings (SSSR count). The van der Waals surface area contributed by atoms with Crippen molar-refractivity contribution in [2.75, 3.05) is 26.2 Å². The molecule has 2 aromatic carbocycles. The first-order chi connectivity index (χ1) is 12.7. The normalized spacial score (nSPS) is 14.7. The highest BCUT2D eigenvalue weighted by Crippen LogP contribution is 2.23. The van der Waals surface area contributed by atoms with Crippen LogP contribution in [0.5, 0.6) is 11.5 Å². The van der Waals surface area contributed by atoms with Crippen LogP contribution in [0.3, 0.4) is 0 Å². The Hall–Kier alpha value is -2.04.